The van der Waals surface area contributed by atoms with Crippen molar-refractivity contribution in [1.29, 1.82) is 0 Å². The van der Waals surface area contributed by atoms with Crippen LogP contribution in [0.2, 0.25) is 0 Å². The third-order valence-corrected chi connectivity index (χ3v) is 1.63. The zero-order valence-corrected chi connectivity index (χ0v) is 9.00. The number of methoxy groups -OCH3 is 1. The Hall–Kier alpha value is -1.51. The standard InChI is InChI=1S/C8H13F3N2O4/c1-17-4-5(6(14)15)13-7(16)12-3-2-8(9,10)11/h5H,2-4H2,1H3,(H,14,15)(H2,12,13,16). The van der Waals surface area contributed by atoms with Crippen molar-refractivity contribution in [2.24, 2.45) is 0 Å². The maximum absolute atomic E-state index is 11.7. The third kappa shape index (κ3) is 8.31. The first kappa shape index (κ1) is 15.5. The average Bonchev–Trinajstić information content (AvgIpc) is 2.14. The lowest BCUT2D eigenvalue weighted by Crippen LogP contribution is -2.48. The van der Waals surface area contributed by atoms with Crippen molar-refractivity contribution in [3.63, 3.8) is 0 Å². The number of ether oxygens (including phenoxy) is 1. The van der Waals surface area contributed by atoms with Gasteiger partial charge in [0.1, 0.15) is 0 Å². The topological polar surface area (TPSA) is 87.7 Å². The van der Waals surface area contributed by atoms with Crippen molar-refractivity contribution >= 4 is 12.0 Å². The molecule has 0 spiro atoms. The van der Waals surface area contributed by atoms with Gasteiger partial charge < -0.3 is 20.5 Å². The number of carbonyl (C=O) groups is 2. The molecule has 0 aliphatic heterocycles. The normalized spacial score (nSPS) is 12.9. The smallest absolute Gasteiger partial charge is 0.390 e. The highest BCUT2D eigenvalue weighted by Crippen LogP contribution is 2.17. The van der Waals surface area contributed by atoms with Crippen LogP contribution < -0.4 is 10.6 Å². The number of halogens is 3. The van der Waals surface area contributed by atoms with E-state index in [0.29, 0.717) is 0 Å². The van der Waals surface area contributed by atoms with Gasteiger partial charge in [0, 0.05) is 13.7 Å². The van der Waals surface area contributed by atoms with E-state index >= 15 is 0 Å². The monoisotopic (exact) mass is 258 g/mol. The Bertz CT molecular complexity index is 270. The molecule has 0 aliphatic rings. The lowest BCUT2D eigenvalue weighted by atomic mass is 10.3. The molecule has 9 heteroatoms. The first-order chi connectivity index (χ1) is 7.76. The molecule has 0 fully saturated rings. The van der Waals surface area contributed by atoms with Crippen molar-refractivity contribution in [3.8, 4) is 0 Å². The van der Waals surface area contributed by atoms with Gasteiger partial charge in [0.2, 0.25) is 0 Å². The van der Waals surface area contributed by atoms with Crippen LogP contribution in [0, 0.1) is 0 Å². The Morgan fingerprint density at radius 1 is 1.41 bits per heavy atom. The SMILES string of the molecule is COCC(NC(=O)NCCC(F)(F)F)C(=O)O. The molecule has 6 nitrogen and oxygen atoms in total. The molecule has 0 rings (SSSR count). The van der Waals surface area contributed by atoms with E-state index in [1.807, 2.05) is 10.6 Å². The second-order valence-corrected chi connectivity index (χ2v) is 3.11. The van der Waals surface area contributed by atoms with Crippen LogP contribution in [-0.2, 0) is 9.53 Å². The maximum atomic E-state index is 11.7. The summed E-state index contributed by atoms with van der Waals surface area (Å²) in [4.78, 5) is 21.6. The van der Waals surface area contributed by atoms with Crippen LogP contribution in [0.5, 0.6) is 0 Å². The molecule has 0 heterocycles. The fourth-order valence-corrected chi connectivity index (χ4v) is 0.868. The highest BCUT2D eigenvalue weighted by molar-refractivity contribution is 5.82. The number of alkyl halides is 3. The summed E-state index contributed by atoms with van der Waals surface area (Å²) in [6, 6.07) is -2.29. The Morgan fingerprint density at radius 2 is 2.00 bits per heavy atom. The highest BCUT2D eigenvalue weighted by Gasteiger charge is 2.27. The molecule has 17 heavy (non-hydrogen) atoms. The van der Waals surface area contributed by atoms with Crippen molar-refractivity contribution in [1.82, 2.24) is 10.6 Å². The number of hydrogen-bond donors (Lipinski definition) is 3. The molecule has 100 valence electrons. The second-order valence-electron chi connectivity index (χ2n) is 3.11. The lowest BCUT2D eigenvalue weighted by molar-refractivity contribution is -0.140. The van der Waals surface area contributed by atoms with E-state index in [9.17, 15) is 22.8 Å². The van der Waals surface area contributed by atoms with Gasteiger partial charge >= 0.3 is 18.2 Å². The van der Waals surface area contributed by atoms with E-state index < -0.39 is 37.2 Å². The molecular weight excluding hydrogens is 245 g/mol. The fourth-order valence-electron chi connectivity index (χ4n) is 0.868. The number of urea groups is 1. The Kier molecular flexibility index (Phi) is 6.33. The van der Waals surface area contributed by atoms with Gasteiger partial charge in [-0.3, -0.25) is 0 Å². The number of aliphatic carboxylic acids is 1. The summed E-state index contributed by atoms with van der Waals surface area (Å²) in [6.07, 6.45) is -5.55. The minimum atomic E-state index is -4.37. The van der Waals surface area contributed by atoms with Gasteiger partial charge in [-0.25, -0.2) is 9.59 Å². The number of amides is 2. The molecule has 1 atom stereocenters. The van der Waals surface area contributed by atoms with Gasteiger partial charge in [-0.1, -0.05) is 0 Å². The van der Waals surface area contributed by atoms with Crippen LogP contribution in [0.25, 0.3) is 0 Å². The molecule has 0 radical (unpaired) electrons. The maximum Gasteiger partial charge on any atom is 0.390 e. The van der Waals surface area contributed by atoms with Gasteiger partial charge in [-0.05, 0) is 0 Å². The Morgan fingerprint density at radius 3 is 2.41 bits per heavy atom. The van der Waals surface area contributed by atoms with E-state index in [4.69, 9.17) is 5.11 Å². The molecule has 0 aromatic rings. The summed E-state index contributed by atoms with van der Waals surface area (Å²) < 4.78 is 39.7. The number of hydrogen-bond acceptors (Lipinski definition) is 3. The molecule has 0 aliphatic carbocycles. The molecule has 0 saturated carbocycles. The predicted molar refractivity (Wildman–Crippen MR) is 50.5 cm³/mol. The van der Waals surface area contributed by atoms with Crippen LogP contribution in [0.3, 0.4) is 0 Å². The molecule has 2 amide bonds. The largest absolute Gasteiger partial charge is 0.480 e. The average molecular weight is 258 g/mol. The van der Waals surface area contributed by atoms with Crippen LogP contribution in [0.15, 0.2) is 0 Å². The van der Waals surface area contributed by atoms with Gasteiger partial charge in [-0.2, -0.15) is 13.2 Å². The summed E-state index contributed by atoms with van der Waals surface area (Å²) in [6.45, 7) is -0.892. The van der Waals surface area contributed by atoms with Crippen LogP contribution in [-0.4, -0.2) is 49.6 Å². The summed E-state index contributed by atoms with van der Waals surface area (Å²) >= 11 is 0. The first-order valence-electron chi connectivity index (χ1n) is 4.59. The second kappa shape index (κ2) is 6.94. The van der Waals surface area contributed by atoms with Crippen LogP contribution >= 0.6 is 0 Å². The van der Waals surface area contributed by atoms with E-state index in [2.05, 4.69) is 4.74 Å². The van der Waals surface area contributed by atoms with Crippen LogP contribution in [0.4, 0.5) is 18.0 Å². The van der Waals surface area contributed by atoms with Gasteiger partial charge in [0.25, 0.3) is 0 Å². The van der Waals surface area contributed by atoms with Gasteiger partial charge in [-0.15, -0.1) is 0 Å². The zero-order chi connectivity index (χ0) is 13.5. The van der Waals surface area contributed by atoms with Crippen molar-refractivity contribution in [2.75, 3.05) is 20.3 Å². The summed E-state index contributed by atoms with van der Waals surface area (Å²) in [5.74, 6) is -1.34. The molecule has 0 saturated heterocycles. The van der Waals surface area contributed by atoms with E-state index in [0.717, 1.165) is 0 Å². The van der Waals surface area contributed by atoms with Crippen molar-refractivity contribution < 1.29 is 32.6 Å². The quantitative estimate of drug-likeness (QED) is 0.641. The fraction of sp³-hybridized carbons (Fsp3) is 0.750. The summed E-state index contributed by atoms with van der Waals surface area (Å²) in [5, 5.41) is 12.5. The Labute approximate surface area is 95.1 Å². The minimum Gasteiger partial charge on any atom is -0.480 e. The molecule has 0 aromatic heterocycles. The number of rotatable bonds is 6. The van der Waals surface area contributed by atoms with Gasteiger partial charge in [0.15, 0.2) is 6.04 Å². The molecule has 3 N–H and O–H groups in total. The highest BCUT2D eigenvalue weighted by atomic mass is 19.4. The molecule has 1 unspecified atom stereocenters. The van der Waals surface area contributed by atoms with Crippen molar-refractivity contribution in [2.45, 2.75) is 18.6 Å². The summed E-state index contributed by atoms with van der Waals surface area (Å²) in [7, 11) is 1.24. The summed E-state index contributed by atoms with van der Waals surface area (Å²) in [5.41, 5.74) is 0. The number of carbonyl (C=O) groups excluding carboxylic acids is 1. The number of carboxylic acid groups (broad SMARTS) is 1. The minimum absolute atomic E-state index is 0.276. The predicted octanol–water partition coefficient (Wildman–Crippen LogP) is 0.338. The van der Waals surface area contributed by atoms with Crippen molar-refractivity contribution in [3.05, 3.63) is 0 Å². The van der Waals surface area contributed by atoms with Gasteiger partial charge in [0.05, 0.1) is 13.0 Å². The van der Waals surface area contributed by atoms with Crippen LogP contribution in [0.1, 0.15) is 6.42 Å². The van der Waals surface area contributed by atoms with E-state index in [-0.39, 0.29) is 6.61 Å². The number of nitrogens with one attached hydrogen (secondary N) is 2. The van der Waals surface area contributed by atoms with E-state index in [1.165, 1.54) is 7.11 Å². The molecule has 0 bridgehead atoms. The molecule has 0 aromatic carbocycles. The third-order valence-electron chi connectivity index (χ3n) is 1.63. The lowest BCUT2D eigenvalue weighted by Gasteiger charge is -2.14. The molecular formula is C8H13F3N2O4. The number of carboxylic acids is 1. The van der Waals surface area contributed by atoms with E-state index in [1.54, 1.807) is 0 Å². The zero-order valence-electron chi connectivity index (χ0n) is 9.00. The Balaban J connectivity index is 3.95. The first-order valence-corrected chi connectivity index (χ1v) is 4.59.